The van der Waals surface area contributed by atoms with Crippen LogP contribution < -0.4 is 0 Å². The molecule has 14 heavy (non-hydrogen) atoms. The van der Waals surface area contributed by atoms with Gasteiger partial charge in [-0.05, 0) is 18.8 Å². The van der Waals surface area contributed by atoms with E-state index in [0.717, 1.165) is 19.6 Å². The molecule has 3 fully saturated rings. The standard InChI is InChI=1S/C11H17NO2/c13-11-5-8-3-1-2-4-10(8)12(11)6-9-7-14-9/h8-10H,1-7H2. The van der Waals surface area contributed by atoms with Crippen LogP contribution in [0.4, 0.5) is 0 Å². The Morgan fingerprint density at radius 1 is 1.36 bits per heavy atom. The molecule has 3 aliphatic rings. The van der Waals surface area contributed by atoms with Crippen LogP contribution in [0.1, 0.15) is 32.1 Å². The fourth-order valence-electron chi connectivity index (χ4n) is 2.99. The molecule has 1 aliphatic carbocycles. The number of hydrogen-bond donors (Lipinski definition) is 0. The zero-order valence-corrected chi connectivity index (χ0v) is 8.45. The van der Waals surface area contributed by atoms with Crippen molar-refractivity contribution in [3.63, 3.8) is 0 Å². The summed E-state index contributed by atoms with van der Waals surface area (Å²) in [5, 5.41) is 0. The Labute approximate surface area is 84.4 Å². The zero-order valence-electron chi connectivity index (χ0n) is 8.45. The molecule has 3 nitrogen and oxygen atoms in total. The lowest BCUT2D eigenvalue weighted by Crippen LogP contribution is -2.39. The summed E-state index contributed by atoms with van der Waals surface area (Å²) in [6.45, 7) is 1.72. The van der Waals surface area contributed by atoms with E-state index in [0.29, 0.717) is 24.0 Å². The first-order valence-corrected chi connectivity index (χ1v) is 5.75. The summed E-state index contributed by atoms with van der Waals surface area (Å²) in [6, 6.07) is 0.556. The summed E-state index contributed by atoms with van der Waals surface area (Å²) < 4.78 is 5.20. The van der Waals surface area contributed by atoms with Crippen molar-refractivity contribution >= 4 is 5.91 Å². The van der Waals surface area contributed by atoms with E-state index in [1.165, 1.54) is 25.7 Å². The van der Waals surface area contributed by atoms with Gasteiger partial charge in [0.25, 0.3) is 0 Å². The van der Waals surface area contributed by atoms with Crippen molar-refractivity contribution in [3.05, 3.63) is 0 Å². The van der Waals surface area contributed by atoms with E-state index < -0.39 is 0 Å². The van der Waals surface area contributed by atoms with Crippen LogP contribution in [0.5, 0.6) is 0 Å². The minimum atomic E-state index is 0.361. The van der Waals surface area contributed by atoms with Gasteiger partial charge in [-0.2, -0.15) is 0 Å². The number of ether oxygens (including phenoxy) is 1. The first-order valence-electron chi connectivity index (χ1n) is 5.75. The first kappa shape index (κ1) is 8.72. The van der Waals surface area contributed by atoms with Crippen LogP contribution in [-0.4, -0.2) is 36.1 Å². The van der Waals surface area contributed by atoms with Crippen LogP contribution in [-0.2, 0) is 9.53 Å². The zero-order chi connectivity index (χ0) is 9.54. The van der Waals surface area contributed by atoms with E-state index in [-0.39, 0.29) is 0 Å². The molecule has 0 N–H and O–H groups in total. The van der Waals surface area contributed by atoms with Crippen LogP contribution in [0.2, 0.25) is 0 Å². The monoisotopic (exact) mass is 195 g/mol. The molecule has 3 unspecified atom stereocenters. The molecule has 78 valence electrons. The summed E-state index contributed by atoms with van der Waals surface area (Å²) >= 11 is 0. The second-order valence-electron chi connectivity index (χ2n) is 4.82. The largest absolute Gasteiger partial charge is 0.371 e. The van der Waals surface area contributed by atoms with Gasteiger partial charge in [0, 0.05) is 19.0 Å². The number of rotatable bonds is 2. The highest BCUT2D eigenvalue weighted by atomic mass is 16.6. The molecule has 2 heterocycles. The van der Waals surface area contributed by atoms with E-state index in [2.05, 4.69) is 4.90 Å². The number of hydrogen-bond acceptors (Lipinski definition) is 2. The lowest BCUT2D eigenvalue weighted by molar-refractivity contribution is -0.129. The quantitative estimate of drug-likeness (QED) is 0.620. The van der Waals surface area contributed by atoms with Gasteiger partial charge in [-0.3, -0.25) is 4.79 Å². The SMILES string of the molecule is O=C1CC2CCCCC2N1CC1CO1. The molecule has 1 saturated carbocycles. The van der Waals surface area contributed by atoms with E-state index in [1.807, 2.05) is 0 Å². The molecule has 0 bridgehead atoms. The van der Waals surface area contributed by atoms with Gasteiger partial charge in [0.05, 0.1) is 12.7 Å². The number of amides is 1. The van der Waals surface area contributed by atoms with Gasteiger partial charge in [0.2, 0.25) is 5.91 Å². The molecule has 3 atom stereocenters. The number of carbonyl (C=O) groups is 1. The maximum Gasteiger partial charge on any atom is 0.223 e. The molecule has 0 aromatic heterocycles. The number of likely N-dealkylation sites (tertiary alicyclic amines) is 1. The normalized spacial score (nSPS) is 41.3. The molecular formula is C11H17NO2. The third kappa shape index (κ3) is 1.44. The van der Waals surface area contributed by atoms with Crippen molar-refractivity contribution in [1.82, 2.24) is 4.90 Å². The fourth-order valence-corrected chi connectivity index (χ4v) is 2.99. The summed E-state index contributed by atoms with van der Waals surface area (Å²) in [5.74, 6) is 1.03. The van der Waals surface area contributed by atoms with E-state index >= 15 is 0 Å². The van der Waals surface area contributed by atoms with Crippen molar-refractivity contribution in [2.24, 2.45) is 5.92 Å². The molecule has 0 aromatic rings. The van der Waals surface area contributed by atoms with Crippen LogP contribution in [0.15, 0.2) is 0 Å². The van der Waals surface area contributed by atoms with Gasteiger partial charge in [0.15, 0.2) is 0 Å². The van der Waals surface area contributed by atoms with Crippen molar-refractivity contribution in [1.29, 1.82) is 0 Å². The number of epoxide rings is 1. The van der Waals surface area contributed by atoms with Crippen molar-refractivity contribution < 1.29 is 9.53 Å². The molecule has 1 amide bonds. The Hall–Kier alpha value is -0.570. The van der Waals surface area contributed by atoms with E-state index in [9.17, 15) is 4.79 Å². The predicted molar refractivity (Wildman–Crippen MR) is 51.8 cm³/mol. The van der Waals surface area contributed by atoms with Crippen LogP contribution in [0.25, 0.3) is 0 Å². The van der Waals surface area contributed by atoms with E-state index in [4.69, 9.17) is 4.74 Å². The summed E-state index contributed by atoms with van der Waals surface area (Å²) in [4.78, 5) is 13.9. The Morgan fingerprint density at radius 3 is 2.93 bits per heavy atom. The molecule has 3 rings (SSSR count). The molecule has 0 spiro atoms. The third-order valence-corrected chi connectivity index (χ3v) is 3.83. The van der Waals surface area contributed by atoms with Crippen molar-refractivity contribution in [2.45, 2.75) is 44.2 Å². The maximum atomic E-state index is 11.8. The van der Waals surface area contributed by atoms with Crippen LogP contribution in [0.3, 0.4) is 0 Å². The molecule has 0 aromatic carbocycles. The number of carbonyl (C=O) groups excluding carboxylic acids is 1. The molecule has 3 heteroatoms. The topological polar surface area (TPSA) is 32.8 Å². The Morgan fingerprint density at radius 2 is 2.14 bits per heavy atom. The molecular weight excluding hydrogens is 178 g/mol. The summed E-state index contributed by atoms with van der Waals surface area (Å²) in [7, 11) is 0. The average molecular weight is 195 g/mol. The van der Waals surface area contributed by atoms with Gasteiger partial charge in [-0.25, -0.2) is 0 Å². The Bertz CT molecular complexity index is 250. The first-order chi connectivity index (χ1) is 6.84. The van der Waals surface area contributed by atoms with Gasteiger partial charge < -0.3 is 9.64 Å². The van der Waals surface area contributed by atoms with Gasteiger partial charge in [-0.15, -0.1) is 0 Å². The fraction of sp³-hybridized carbons (Fsp3) is 0.909. The Kier molecular flexibility index (Phi) is 2.01. The maximum absolute atomic E-state index is 11.8. The lowest BCUT2D eigenvalue weighted by atomic mass is 9.85. The summed E-state index contributed by atoms with van der Waals surface area (Å²) in [5.41, 5.74) is 0. The third-order valence-electron chi connectivity index (χ3n) is 3.83. The lowest BCUT2D eigenvalue weighted by Gasteiger charge is -2.31. The van der Waals surface area contributed by atoms with Crippen LogP contribution in [0, 0.1) is 5.92 Å². The highest BCUT2D eigenvalue weighted by Gasteiger charge is 2.42. The second-order valence-corrected chi connectivity index (χ2v) is 4.82. The average Bonchev–Trinajstić information content (AvgIpc) is 2.93. The Balaban J connectivity index is 1.70. The van der Waals surface area contributed by atoms with Gasteiger partial charge in [-0.1, -0.05) is 12.8 Å². The molecule has 2 saturated heterocycles. The van der Waals surface area contributed by atoms with Crippen molar-refractivity contribution in [2.75, 3.05) is 13.2 Å². The number of fused-ring (bicyclic) bond motifs is 1. The molecule has 2 aliphatic heterocycles. The van der Waals surface area contributed by atoms with Gasteiger partial charge >= 0.3 is 0 Å². The highest BCUT2D eigenvalue weighted by Crippen LogP contribution is 2.37. The highest BCUT2D eigenvalue weighted by molar-refractivity contribution is 5.79. The van der Waals surface area contributed by atoms with E-state index in [1.54, 1.807) is 0 Å². The van der Waals surface area contributed by atoms with Gasteiger partial charge in [0.1, 0.15) is 0 Å². The minimum Gasteiger partial charge on any atom is -0.371 e. The number of nitrogens with zero attached hydrogens (tertiary/aromatic N) is 1. The van der Waals surface area contributed by atoms with Crippen molar-refractivity contribution in [3.8, 4) is 0 Å². The minimum absolute atomic E-state index is 0.361. The summed E-state index contributed by atoms with van der Waals surface area (Å²) in [6.07, 6.45) is 6.28. The molecule has 0 radical (unpaired) electrons. The predicted octanol–water partition coefficient (Wildman–Crippen LogP) is 1.18. The smallest absolute Gasteiger partial charge is 0.223 e. The second kappa shape index (κ2) is 3.23. The van der Waals surface area contributed by atoms with Crippen LogP contribution >= 0.6 is 0 Å².